The molecule has 0 spiro atoms. The average molecular weight is 294 g/mol. The van der Waals surface area contributed by atoms with Gasteiger partial charge in [0.15, 0.2) is 0 Å². The van der Waals surface area contributed by atoms with Crippen molar-refractivity contribution in [2.45, 2.75) is 0 Å². The van der Waals surface area contributed by atoms with Crippen molar-refractivity contribution in [3.63, 3.8) is 0 Å². The fourth-order valence-corrected chi connectivity index (χ4v) is 1.69. The van der Waals surface area contributed by atoms with E-state index in [-0.39, 0.29) is 11.1 Å². The molecular formula is C12H8BrNO3. The minimum absolute atomic E-state index is 0.0108. The van der Waals surface area contributed by atoms with Crippen molar-refractivity contribution >= 4 is 21.9 Å². The Labute approximate surface area is 105 Å². The number of hydrogen-bond acceptors (Lipinski definition) is 2. The molecular weight excluding hydrogens is 286 g/mol. The van der Waals surface area contributed by atoms with Crippen LogP contribution in [0.5, 0.6) is 0 Å². The van der Waals surface area contributed by atoms with E-state index in [9.17, 15) is 9.59 Å². The maximum atomic E-state index is 11.7. The molecule has 86 valence electrons. The SMILES string of the molecule is O=C(O)c1ccn(-c2ccc(Br)cc2)c(=O)c1. The third-order valence-electron chi connectivity index (χ3n) is 2.27. The standard InChI is InChI=1S/C12H8BrNO3/c13-9-1-3-10(4-2-9)14-6-5-8(12(16)17)7-11(14)15/h1-7H,(H,16,17). The quantitative estimate of drug-likeness (QED) is 0.924. The molecule has 0 radical (unpaired) electrons. The van der Waals surface area contributed by atoms with Gasteiger partial charge in [0, 0.05) is 22.4 Å². The van der Waals surface area contributed by atoms with Crippen molar-refractivity contribution in [1.82, 2.24) is 4.57 Å². The van der Waals surface area contributed by atoms with Gasteiger partial charge in [0.05, 0.1) is 5.56 Å². The van der Waals surface area contributed by atoms with E-state index in [4.69, 9.17) is 5.11 Å². The van der Waals surface area contributed by atoms with Gasteiger partial charge in [-0.2, -0.15) is 0 Å². The van der Waals surface area contributed by atoms with Crippen LogP contribution >= 0.6 is 15.9 Å². The van der Waals surface area contributed by atoms with E-state index < -0.39 is 5.97 Å². The number of rotatable bonds is 2. The smallest absolute Gasteiger partial charge is 0.335 e. The first-order chi connectivity index (χ1) is 8.08. The highest BCUT2D eigenvalue weighted by Crippen LogP contribution is 2.12. The van der Waals surface area contributed by atoms with Crippen LogP contribution in [0.15, 0.2) is 51.9 Å². The predicted molar refractivity (Wildman–Crippen MR) is 66.7 cm³/mol. The third kappa shape index (κ3) is 2.45. The van der Waals surface area contributed by atoms with E-state index in [0.29, 0.717) is 5.69 Å². The fraction of sp³-hybridized carbons (Fsp3) is 0. The van der Waals surface area contributed by atoms with E-state index in [0.717, 1.165) is 10.5 Å². The lowest BCUT2D eigenvalue weighted by atomic mass is 10.2. The summed E-state index contributed by atoms with van der Waals surface area (Å²) in [5.74, 6) is -1.11. The number of carboxylic acids is 1. The molecule has 0 aliphatic heterocycles. The third-order valence-corrected chi connectivity index (χ3v) is 2.80. The summed E-state index contributed by atoms with van der Waals surface area (Å²) in [6.07, 6.45) is 1.45. The Morgan fingerprint density at radius 1 is 1.18 bits per heavy atom. The summed E-state index contributed by atoms with van der Waals surface area (Å²) in [5.41, 5.74) is 0.311. The zero-order valence-electron chi connectivity index (χ0n) is 8.63. The number of nitrogens with zero attached hydrogens (tertiary/aromatic N) is 1. The van der Waals surface area contributed by atoms with Crippen LogP contribution in [-0.2, 0) is 0 Å². The number of carbonyl (C=O) groups is 1. The molecule has 1 aromatic carbocycles. The Bertz CT molecular complexity index is 616. The first-order valence-corrected chi connectivity index (χ1v) is 5.59. The van der Waals surface area contributed by atoms with Gasteiger partial charge in [-0.15, -0.1) is 0 Å². The van der Waals surface area contributed by atoms with E-state index in [2.05, 4.69) is 15.9 Å². The zero-order valence-corrected chi connectivity index (χ0v) is 10.2. The highest BCUT2D eigenvalue weighted by molar-refractivity contribution is 9.10. The summed E-state index contributed by atoms with van der Waals surface area (Å²) in [4.78, 5) is 22.4. The van der Waals surface area contributed by atoms with Crippen LogP contribution in [0.2, 0.25) is 0 Å². The van der Waals surface area contributed by atoms with E-state index in [1.165, 1.54) is 16.8 Å². The van der Waals surface area contributed by atoms with Crippen LogP contribution in [0.1, 0.15) is 10.4 Å². The Kier molecular flexibility index (Phi) is 3.10. The first-order valence-electron chi connectivity index (χ1n) is 4.80. The molecule has 2 aromatic rings. The molecule has 0 amide bonds. The van der Waals surface area contributed by atoms with Crippen LogP contribution in [0.3, 0.4) is 0 Å². The van der Waals surface area contributed by atoms with E-state index in [1.807, 2.05) is 12.1 Å². The molecule has 5 heteroatoms. The van der Waals surface area contributed by atoms with Gasteiger partial charge in [-0.3, -0.25) is 9.36 Å². The van der Waals surface area contributed by atoms with Crippen LogP contribution in [0.25, 0.3) is 5.69 Å². The number of hydrogen-bond donors (Lipinski definition) is 1. The van der Waals surface area contributed by atoms with Gasteiger partial charge in [0.25, 0.3) is 5.56 Å². The van der Waals surface area contributed by atoms with Crippen molar-refractivity contribution in [3.05, 3.63) is 63.0 Å². The molecule has 1 N–H and O–H groups in total. The Balaban J connectivity index is 2.50. The van der Waals surface area contributed by atoms with Crippen molar-refractivity contribution in [2.75, 3.05) is 0 Å². The average Bonchev–Trinajstić information content (AvgIpc) is 2.30. The van der Waals surface area contributed by atoms with Crippen LogP contribution in [0.4, 0.5) is 0 Å². The van der Waals surface area contributed by atoms with E-state index in [1.54, 1.807) is 12.1 Å². The molecule has 0 saturated heterocycles. The second kappa shape index (κ2) is 4.55. The summed E-state index contributed by atoms with van der Waals surface area (Å²) in [5, 5.41) is 8.75. The first kappa shape index (κ1) is 11.6. The van der Waals surface area contributed by atoms with Gasteiger partial charge in [-0.1, -0.05) is 15.9 Å². The molecule has 0 unspecified atom stereocenters. The summed E-state index contributed by atoms with van der Waals surface area (Å²) in [6.45, 7) is 0. The van der Waals surface area contributed by atoms with Gasteiger partial charge in [0.2, 0.25) is 0 Å². The van der Waals surface area contributed by atoms with Gasteiger partial charge in [-0.05, 0) is 30.3 Å². The summed E-state index contributed by atoms with van der Waals surface area (Å²) in [6, 6.07) is 9.66. The Morgan fingerprint density at radius 3 is 2.35 bits per heavy atom. The molecule has 1 heterocycles. The monoisotopic (exact) mass is 293 g/mol. The summed E-state index contributed by atoms with van der Waals surface area (Å²) < 4.78 is 2.30. The Morgan fingerprint density at radius 2 is 1.82 bits per heavy atom. The molecule has 0 bridgehead atoms. The van der Waals surface area contributed by atoms with Crippen LogP contribution < -0.4 is 5.56 Å². The predicted octanol–water partition coefficient (Wildman–Crippen LogP) is 2.30. The number of aromatic carboxylic acids is 1. The van der Waals surface area contributed by atoms with E-state index >= 15 is 0 Å². The van der Waals surface area contributed by atoms with Gasteiger partial charge in [-0.25, -0.2) is 4.79 Å². The molecule has 4 nitrogen and oxygen atoms in total. The lowest BCUT2D eigenvalue weighted by Gasteiger charge is -2.05. The summed E-state index contributed by atoms with van der Waals surface area (Å²) >= 11 is 3.30. The fourth-order valence-electron chi connectivity index (χ4n) is 1.43. The maximum absolute atomic E-state index is 11.7. The summed E-state index contributed by atoms with van der Waals surface area (Å²) in [7, 11) is 0. The number of aromatic nitrogens is 1. The topological polar surface area (TPSA) is 59.3 Å². The second-order valence-corrected chi connectivity index (χ2v) is 4.32. The molecule has 0 saturated carbocycles. The molecule has 1 aromatic heterocycles. The number of halogens is 1. The van der Waals surface area contributed by atoms with Gasteiger partial charge >= 0.3 is 5.97 Å². The molecule has 0 atom stereocenters. The number of benzene rings is 1. The maximum Gasteiger partial charge on any atom is 0.335 e. The lowest BCUT2D eigenvalue weighted by molar-refractivity contribution is 0.0696. The zero-order chi connectivity index (χ0) is 12.4. The van der Waals surface area contributed by atoms with Gasteiger partial charge in [0.1, 0.15) is 0 Å². The Hall–Kier alpha value is -1.88. The van der Waals surface area contributed by atoms with Crippen molar-refractivity contribution in [3.8, 4) is 5.69 Å². The lowest BCUT2D eigenvalue weighted by Crippen LogP contribution is -2.18. The minimum atomic E-state index is -1.11. The molecule has 17 heavy (non-hydrogen) atoms. The number of carboxylic acid groups (broad SMARTS) is 1. The number of pyridine rings is 1. The van der Waals surface area contributed by atoms with Crippen molar-refractivity contribution in [1.29, 1.82) is 0 Å². The molecule has 0 aliphatic rings. The van der Waals surface area contributed by atoms with Crippen LogP contribution in [-0.4, -0.2) is 15.6 Å². The highest BCUT2D eigenvalue weighted by Gasteiger charge is 2.05. The minimum Gasteiger partial charge on any atom is -0.478 e. The molecule has 2 rings (SSSR count). The molecule has 0 aliphatic carbocycles. The largest absolute Gasteiger partial charge is 0.478 e. The second-order valence-electron chi connectivity index (χ2n) is 3.41. The normalized spacial score (nSPS) is 10.2. The molecule has 0 fully saturated rings. The van der Waals surface area contributed by atoms with Crippen molar-refractivity contribution < 1.29 is 9.90 Å². The van der Waals surface area contributed by atoms with Crippen molar-refractivity contribution in [2.24, 2.45) is 0 Å². The van der Waals surface area contributed by atoms with Gasteiger partial charge < -0.3 is 5.11 Å². The highest BCUT2D eigenvalue weighted by atomic mass is 79.9. The van der Waals surface area contributed by atoms with Crippen LogP contribution in [0, 0.1) is 0 Å².